The van der Waals surface area contributed by atoms with Gasteiger partial charge >= 0.3 is 0 Å². The number of aromatic nitrogens is 6. The first kappa shape index (κ1) is 33.6. The van der Waals surface area contributed by atoms with Crippen LogP contribution in [0.25, 0.3) is 48.7 Å². The molecule has 0 bridgehead atoms. The van der Waals surface area contributed by atoms with Gasteiger partial charge in [-0.2, -0.15) is 9.61 Å². The fraction of sp³-hybridized carbons (Fsp3) is 0.447. The highest BCUT2D eigenvalue weighted by molar-refractivity contribution is 7.19. The van der Waals surface area contributed by atoms with Gasteiger partial charge in [-0.15, -0.1) is 10.2 Å². The maximum atomic E-state index is 16.0. The molecule has 1 saturated carbocycles. The molecule has 3 aliphatic heterocycles. The van der Waals surface area contributed by atoms with Crippen molar-refractivity contribution < 1.29 is 13.5 Å². The molecule has 1 aliphatic carbocycles. The van der Waals surface area contributed by atoms with Crippen molar-refractivity contribution in [2.24, 2.45) is 0 Å². The molecule has 2 aromatic carbocycles. The Hall–Kier alpha value is -4.93. The van der Waals surface area contributed by atoms with Crippen LogP contribution in [-0.4, -0.2) is 111 Å². The Balaban J connectivity index is 1.07. The van der Waals surface area contributed by atoms with E-state index in [0.717, 1.165) is 56.9 Å². The van der Waals surface area contributed by atoms with Gasteiger partial charge < -0.3 is 33.5 Å². The van der Waals surface area contributed by atoms with Gasteiger partial charge in [-0.1, -0.05) is 18.3 Å². The Labute approximate surface area is 312 Å². The Morgan fingerprint density at radius 1 is 0.852 bits per heavy atom. The predicted molar refractivity (Wildman–Crippen MR) is 205 cm³/mol. The third-order valence-corrected chi connectivity index (χ3v) is 12.6. The number of piperazine rings is 2. The highest BCUT2D eigenvalue weighted by Crippen LogP contribution is 2.43. The zero-order valence-corrected chi connectivity index (χ0v) is 31.2. The molecule has 7 heterocycles. The number of pyridine rings is 2. The zero-order chi connectivity index (χ0) is 37.0. The summed E-state index contributed by atoms with van der Waals surface area (Å²) in [6.45, 7) is 11.4. The molecular formula is C38H40F2N10O3S. The fourth-order valence-electron chi connectivity index (χ4n) is 8.30. The lowest BCUT2D eigenvalue weighted by atomic mass is 10.1. The quantitative estimate of drug-likeness (QED) is 0.239. The normalized spacial score (nSPS) is 19.8. The van der Waals surface area contributed by atoms with E-state index in [2.05, 4.69) is 36.4 Å². The van der Waals surface area contributed by atoms with Crippen molar-refractivity contribution in [2.45, 2.75) is 38.8 Å². The van der Waals surface area contributed by atoms with E-state index in [0.29, 0.717) is 76.5 Å². The third-order valence-electron chi connectivity index (χ3n) is 11.6. The SMILES string of the molecule is CCN1CCN(c2cc3c(cc2F)c(=O)c(-c2nnc4sc(-c5cn6c7c(c(N8CCN(C)CC8)c(F)cc7c5=O)OCC6C)nn24)cn3C2CC2)CC1. The van der Waals surface area contributed by atoms with E-state index in [4.69, 9.17) is 9.84 Å². The second kappa shape index (κ2) is 12.6. The first-order valence-electron chi connectivity index (χ1n) is 18.7. The number of rotatable bonds is 6. The van der Waals surface area contributed by atoms with Gasteiger partial charge in [0.15, 0.2) is 27.8 Å². The number of anilines is 2. The highest BCUT2D eigenvalue weighted by atomic mass is 32.1. The lowest BCUT2D eigenvalue weighted by Crippen LogP contribution is -2.46. The van der Waals surface area contributed by atoms with Gasteiger partial charge in [0.05, 0.1) is 39.3 Å². The molecular weight excluding hydrogens is 715 g/mol. The number of fused-ring (bicyclic) bond motifs is 2. The van der Waals surface area contributed by atoms with E-state index in [1.54, 1.807) is 12.4 Å². The molecule has 1 atom stereocenters. The van der Waals surface area contributed by atoms with Crippen LogP contribution >= 0.6 is 11.3 Å². The van der Waals surface area contributed by atoms with Crippen LogP contribution in [0.4, 0.5) is 20.2 Å². The van der Waals surface area contributed by atoms with Crippen molar-refractivity contribution in [3.05, 3.63) is 62.7 Å². The van der Waals surface area contributed by atoms with E-state index in [1.807, 2.05) is 29.5 Å². The minimum absolute atomic E-state index is 0.133. The molecule has 4 aromatic heterocycles. The van der Waals surface area contributed by atoms with Gasteiger partial charge in [-0.25, -0.2) is 8.78 Å². The van der Waals surface area contributed by atoms with Crippen LogP contribution in [-0.2, 0) is 0 Å². The minimum Gasteiger partial charge on any atom is -0.487 e. The van der Waals surface area contributed by atoms with Crippen LogP contribution in [0.15, 0.2) is 40.2 Å². The highest BCUT2D eigenvalue weighted by Gasteiger charge is 2.32. The van der Waals surface area contributed by atoms with Crippen LogP contribution in [0.5, 0.6) is 5.75 Å². The topological polar surface area (TPSA) is 109 Å². The molecule has 6 aromatic rings. The number of likely N-dealkylation sites (N-methyl/N-ethyl adjacent to an activating group) is 2. The van der Waals surface area contributed by atoms with E-state index < -0.39 is 11.6 Å². The molecule has 2 saturated heterocycles. The zero-order valence-electron chi connectivity index (χ0n) is 30.4. The summed E-state index contributed by atoms with van der Waals surface area (Å²) in [6, 6.07) is 4.56. The maximum absolute atomic E-state index is 16.0. The van der Waals surface area contributed by atoms with Crippen molar-refractivity contribution in [1.82, 2.24) is 38.7 Å². The Bertz CT molecular complexity index is 2610. The molecule has 10 rings (SSSR count). The average molecular weight is 755 g/mol. The van der Waals surface area contributed by atoms with Crippen LogP contribution in [0.2, 0.25) is 0 Å². The Morgan fingerprint density at radius 2 is 1.56 bits per heavy atom. The molecule has 0 N–H and O–H groups in total. The van der Waals surface area contributed by atoms with Crippen LogP contribution < -0.4 is 25.4 Å². The van der Waals surface area contributed by atoms with E-state index in [1.165, 1.54) is 16.6 Å². The maximum Gasteiger partial charge on any atom is 0.235 e. The van der Waals surface area contributed by atoms with E-state index in [-0.39, 0.29) is 45.1 Å². The summed E-state index contributed by atoms with van der Waals surface area (Å²) in [6.07, 6.45) is 5.48. The number of hydrogen-bond acceptors (Lipinski definition) is 11. The van der Waals surface area contributed by atoms with Gasteiger partial charge in [0.1, 0.15) is 18.1 Å². The third kappa shape index (κ3) is 5.24. The molecule has 0 amide bonds. The minimum atomic E-state index is -0.497. The summed E-state index contributed by atoms with van der Waals surface area (Å²) in [7, 11) is 2.04. The second-order valence-corrected chi connectivity index (χ2v) is 16.0. The van der Waals surface area contributed by atoms with Crippen molar-refractivity contribution in [2.75, 3.05) is 82.4 Å². The number of hydrogen-bond donors (Lipinski definition) is 0. The molecule has 4 aliphatic rings. The van der Waals surface area contributed by atoms with Gasteiger partial charge in [0.2, 0.25) is 10.4 Å². The number of benzene rings is 2. The lowest BCUT2D eigenvalue weighted by molar-refractivity contribution is 0.245. The monoisotopic (exact) mass is 754 g/mol. The first-order valence-corrected chi connectivity index (χ1v) is 19.6. The summed E-state index contributed by atoms with van der Waals surface area (Å²) >= 11 is 1.16. The van der Waals surface area contributed by atoms with Gasteiger partial charge in [0, 0.05) is 76.2 Å². The standard InChI is InChI=1S/C38H40F2N10O3S/c1-4-45-9-13-46(14-10-45)30-17-29-23(15-27(30)39)33(51)25(18-49(29)22-5-6-22)36-41-42-38-50(36)43-37(54-38)26-19-48-21(2)20-53-35-31(48)24(34(26)52)16-28(40)32(35)47-11-7-44(3)8-12-47/h15-19,21-22H,4-14,20H2,1-3H3. The van der Waals surface area contributed by atoms with E-state index >= 15 is 8.78 Å². The van der Waals surface area contributed by atoms with Crippen molar-refractivity contribution >= 4 is 49.5 Å². The van der Waals surface area contributed by atoms with Gasteiger partial charge in [-0.05, 0) is 51.6 Å². The summed E-state index contributed by atoms with van der Waals surface area (Å²) < 4.78 is 43.6. The largest absolute Gasteiger partial charge is 0.487 e. The fourth-order valence-corrected chi connectivity index (χ4v) is 9.15. The molecule has 16 heteroatoms. The van der Waals surface area contributed by atoms with Crippen LogP contribution in [0.1, 0.15) is 38.8 Å². The number of ether oxygens (including phenoxy) is 1. The van der Waals surface area contributed by atoms with Crippen molar-refractivity contribution in [3.8, 4) is 27.7 Å². The molecule has 13 nitrogen and oxygen atoms in total. The van der Waals surface area contributed by atoms with Gasteiger partial charge in [0.25, 0.3) is 0 Å². The van der Waals surface area contributed by atoms with Crippen LogP contribution in [0, 0.1) is 11.6 Å². The molecule has 1 unspecified atom stereocenters. The van der Waals surface area contributed by atoms with Gasteiger partial charge in [-0.3, -0.25) is 9.59 Å². The number of nitrogens with zero attached hydrogens (tertiary/aromatic N) is 10. The predicted octanol–water partition coefficient (Wildman–Crippen LogP) is 4.61. The van der Waals surface area contributed by atoms with Crippen molar-refractivity contribution in [3.63, 3.8) is 0 Å². The molecule has 3 fully saturated rings. The van der Waals surface area contributed by atoms with Crippen molar-refractivity contribution in [1.29, 1.82) is 0 Å². The smallest absolute Gasteiger partial charge is 0.235 e. The summed E-state index contributed by atoms with van der Waals surface area (Å²) in [5.74, 6) is -0.323. The molecule has 0 spiro atoms. The molecule has 280 valence electrons. The molecule has 0 radical (unpaired) electrons. The lowest BCUT2D eigenvalue weighted by Gasteiger charge is -2.37. The second-order valence-electron chi connectivity index (χ2n) is 15.0. The Morgan fingerprint density at radius 3 is 2.30 bits per heavy atom. The average Bonchev–Trinajstić information content (AvgIpc) is 3.82. The summed E-state index contributed by atoms with van der Waals surface area (Å²) in [5.41, 5.74) is 1.97. The van der Waals surface area contributed by atoms with E-state index in [9.17, 15) is 9.59 Å². The summed E-state index contributed by atoms with van der Waals surface area (Å²) in [4.78, 5) is 37.4. The number of halogens is 2. The molecule has 54 heavy (non-hydrogen) atoms. The first-order chi connectivity index (χ1) is 26.2. The van der Waals surface area contributed by atoms with Crippen LogP contribution in [0.3, 0.4) is 0 Å². The Kier molecular flexibility index (Phi) is 7.82. The summed E-state index contributed by atoms with van der Waals surface area (Å²) in [5, 5.41) is 14.4.